The molecule has 0 saturated carbocycles. The molecule has 154 valence electrons. The molecule has 2 fully saturated rings. The number of benzene rings is 1. The lowest BCUT2D eigenvalue weighted by Crippen LogP contribution is -2.51. The molecular formula is C22H29N5O2. The van der Waals surface area contributed by atoms with Crippen LogP contribution in [0.25, 0.3) is 0 Å². The monoisotopic (exact) mass is 395 g/mol. The molecule has 0 unspecified atom stereocenters. The molecule has 1 aromatic heterocycles. The highest BCUT2D eigenvalue weighted by molar-refractivity contribution is 5.79. The predicted molar refractivity (Wildman–Crippen MR) is 114 cm³/mol. The highest BCUT2D eigenvalue weighted by Gasteiger charge is 2.29. The zero-order valence-corrected chi connectivity index (χ0v) is 17.2. The zero-order chi connectivity index (χ0) is 20.2. The van der Waals surface area contributed by atoms with Gasteiger partial charge in [0.25, 0.3) is 0 Å². The Balaban J connectivity index is 1.39. The van der Waals surface area contributed by atoms with Crippen molar-refractivity contribution < 1.29 is 9.53 Å². The van der Waals surface area contributed by atoms with Crippen molar-refractivity contribution in [3.05, 3.63) is 41.6 Å². The molecule has 29 heavy (non-hydrogen) atoms. The van der Waals surface area contributed by atoms with Crippen LogP contribution in [0.1, 0.15) is 24.1 Å². The van der Waals surface area contributed by atoms with Crippen LogP contribution in [-0.4, -0.2) is 60.2 Å². The van der Waals surface area contributed by atoms with Gasteiger partial charge in [0, 0.05) is 62.8 Å². The summed E-state index contributed by atoms with van der Waals surface area (Å²) in [5, 5.41) is 3.30. The first-order valence-corrected chi connectivity index (χ1v) is 10.4. The van der Waals surface area contributed by atoms with Crippen molar-refractivity contribution in [2.45, 2.75) is 26.7 Å². The van der Waals surface area contributed by atoms with Crippen molar-refractivity contribution in [2.75, 3.05) is 49.6 Å². The highest BCUT2D eigenvalue weighted by Crippen LogP contribution is 2.22. The van der Waals surface area contributed by atoms with Crippen molar-refractivity contribution in [2.24, 2.45) is 5.92 Å². The predicted octanol–water partition coefficient (Wildman–Crippen LogP) is 2.91. The Morgan fingerprint density at radius 2 is 1.72 bits per heavy atom. The summed E-state index contributed by atoms with van der Waals surface area (Å²) in [6, 6.07) is 10.2. The first kappa shape index (κ1) is 19.6. The van der Waals surface area contributed by atoms with Crippen molar-refractivity contribution >= 4 is 23.4 Å². The molecule has 2 aromatic rings. The third kappa shape index (κ3) is 4.85. The molecule has 7 nitrogen and oxygen atoms in total. The van der Waals surface area contributed by atoms with E-state index in [-0.39, 0.29) is 11.8 Å². The number of hydrogen-bond acceptors (Lipinski definition) is 6. The number of piperazine rings is 1. The fraction of sp³-hybridized carbons (Fsp3) is 0.500. The van der Waals surface area contributed by atoms with Crippen LogP contribution in [0.4, 0.5) is 17.5 Å². The molecule has 1 N–H and O–H groups in total. The van der Waals surface area contributed by atoms with Crippen LogP contribution in [0, 0.1) is 19.8 Å². The number of aromatic nitrogens is 2. The lowest BCUT2D eigenvalue weighted by Gasteiger charge is -2.37. The van der Waals surface area contributed by atoms with Crippen molar-refractivity contribution in [3.63, 3.8) is 0 Å². The molecule has 7 heteroatoms. The van der Waals surface area contributed by atoms with E-state index in [1.165, 1.54) is 5.56 Å². The van der Waals surface area contributed by atoms with Gasteiger partial charge in [0.05, 0.1) is 0 Å². The number of ether oxygens (including phenoxy) is 1. The summed E-state index contributed by atoms with van der Waals surface area (Å²) in [4.78, 5) is 26.2. The molecule has 2 aliphatic rings. The van der Waals surface area contributed by atoms with Crippen LogP contribution in [0.15, 0.2) is 30.3 Å². The van der Waals surface area contributed by atoms with E-state index >= 15 is 0 Å². The first-order valence-electron chi connectivity index (χ1n) is 10.4. The Hall–Kier alpha value is -2.67. The Morgan fingerprint density at radius 3 is 2.41 bits per heavy atom. The molecule has 0 spiro atoms. The van der Waals surface area contributed by atoms with E-state index in [0.29, 0.717) is 19.2 Å². The van der Waals surface area contributed by atoms with Crippen LogP contribution in [0.3, 0.4) is 0 Å². The van der Waals surface area contributed by atoms with E-state index in [1.807, 2.05) is 30.0 Å². The minimum absolute atomic E-state index is 0.127. The maximum atomic E-state index is 12.7. The largest absolute Gasteiger partial charge is 0.381 e. The molecule has 3 heterocycles. The van der Waals surface area contributed by atoms with Gasteiger partial charge in [-0.05, 0) is 38.8 Å². The topological polar surface area (TPSA) is 70.6 Å². The molecular weight excluding hydrogens is 366 g/mol. The number of rotatable bonds is 4. The summed E-state index contributed by atoms with van der Waals surface area (Å²) in [6.45, 7) is 8.50. The van der Waals surface area contributed by atoms with Crippen molar-refractivity contribution in [3.8, 4) is 0 Å². The molecule has 0 radical (unpaired) electrons. The van der Waals surface area contributed by atoms with E-state index in [1.54, 1.807) is 0 Å². The maximum Gasteiger partial charge on any atom is 0.229 e. The quantitative estimate of drug-likeness (QED) is 0.858. The van der Waals surface area contributed by atoms with Gasteiger partial charge in [-0.15, -0.1) is 0 Å². The average Bonchev–Trinajstić information content (AvgIpc) is 2.75. The molecule has 0 atom stereocenters. The Kier molecular flexibility index (Phi) is 5.94. The maximum absolute atomic E-state index is 12.7. The smallest absolute Gasteiger partial charge is 0.229 e. The summed E-state index contributed by atoms with van der Waals surface area (Å²) < 4.78 is 5.38. The molecule has 4 rings (SSSR count). The number of hydrogen-bond donors (Lipinski definition) is 1. The second-order valence-electron chi connectivity index (χ2n) is 7.88. The van der Waals surface area contributed by atoms with Crippen molar-refractivity contribution in [1.82, 2.24) is 14.9 Å². The van der Waals surface area contributed by atoms with E-state index in [2.05, 4.69) is 34.3 Å². The average molecular weight is 396 g/mol. The third-order valence-corrected chi connectivity index (χ3v) is 5.63. The minimum Gasteiger partial charge on any atom is -0.381 e. The number of anilines is 3. The number of carbonyl (C=O) groups excluding carboxylic acids is 1. The number of nitrogens with zero attached hydrogens (tertiary/aromatic N) is 4. The van der Waals surface area contributed by atoms with Crippen molar-refractivity contribution in [1.29, 1.82) is 0 Å². The number of carbonyl (C=O) groups is 1. The van der Waals surface area contributed by atoms with Gasteiger partial charge >= 0.3 is 0 Å². The van der Waals surface area contributed by atoms with E-state index in [4.69, 9.17) is 9.72 Å². The van der Waals surface area contributed by atoms with Gasteiger partial charge in [0.1, 0.15) is 5.82 Å². The molecule has 1 amide bonds. The van der Waals surface area contributed by atoms with Crippen LogP contribution >= 0.6 is 0 Å². The summed E-state index contributed by atoms with van der Waals surface area (Å²) >= 11 is 0. The molecule has 0 aliphatic carbocycles. The molecule has 2 saturated heterocycles. The van der Waals surface area contributed by atoms with Gasteiger partial charge in [0.2, 0.25) is 11.9 Å². The third-order valence-electron chi connectivity index (χ3n) is 5.63. The minimum atomic E-state index is 0.127. The summed E-state index contributed by atoms with van der Waals surface area (Å²) in [5.74, 6) is 1.92. The van der Waals surface area contributed by atoms with Crippen LogP contribution < -0.4 is 10.2 Å². The van der Waals surface area contributed by atoms with E-state index in [9.17, 15) is 4.79 Å². The van der Waals surface area contributed by atoms with Gasteiger partial charge in [-0.25, -0.2) is 4.98 Å². The van der Waals surface area contributed by atoms with E-state index in [0.717, 1.165) is 56.2 Å². The Bertz CT molecular complexity index is 841. The van der Waals surface area contributed by atoms with E-state index < -0.39 is 0 Å². The first-order chi connectivity index (χ1) is 14.1. The lowest BCUT2D eigenvalue weighted by atomic mass is 9.98. The van der Waals surface area contributed by atoms with Gasteiger partial charge < -0.3 is 19.9 Å². The van der Waals surface area contributed by atoms with Gasteiger partial charge in [0.15, 0.2) is 0 Å². The van der Waals surface area contributed by atoms with Crippen LogP contribution in [-0.2, 0) is 9.53 Å². The SMILES string of the molecule is Cc1ccc(Nc2nc(C)cc(N3CCN(C(=O)C4CCOCC4)CC3)n2)cc1. The fourth-order valence-electron chi connectivity index (χ4n) is 3.89. The highest BCUT2D eigenvalue weighted by atomic mass is 16.5. The van der Waals surface area contributed by atoms with Gasteiger partial charge in [-0.2, -0.15) is 4.98 Å². The fourth-order valence-corrected chi connectivity index (χ4v) is 3.89. The van der Waals surface area contributed by atoms with Crippen LogP contribution in [0.2, 0.25) is 0 Å². The Morgan fingerprint density at radius 1 is 1.03 bits per heavy atom. The van der Waals surface area contributed by atoms with Gasteiger partial charge in [-0.3, -0.25) is 4.79 Å². The number of nitrogens with one attached hydrogen (secondary N) is 1. The zero-order valence-electron chi connectivity index (χ0n) is 17.2. The second-order valence-corrected chi connectivity index (χ2v) is 7.88. The summed E-state index contributed by atoms with van der Waals surface area (Å²) in [6.07, 6.45) is 1.69. The number of amides is 1. The van der Waals surface area contributed by atoms with Crippen LogP contribution in [0.5, 0.6) is 0 Å². The normalized spacial score (nSPS) is 18.0. The summed E-state index contributed by atoms with van der Waals surface area (Å²) in [5.41, 5.74) is 3.11. The molecule has 2 aliphatic heterocycles. The number of aryl methyl sites for hydroxylation is 2. The molecule has 0 bridgehead atoms. The lowest BCUT2D eigenvalue weighted by molar-refractivity contribution is -0.138. The second kappa shape index (κ2) is 8.78. The molecule has 1 aromatic carbocycles. The van der Waals surface area contributed by atoms with Gasteiger partial charge in [-0.1, -0.05) is 17.7 Å². The Labute approximate surface area is 172 Å². The summed E-state index contributed by atoms with van der Waals surface area (Å²) in [7, 11) is 0. The standard InChI is InChI=1S/C22H29N5O2/c1-16-3-5-19(6-4-16)24-22-23-17(2)15-20(25-22)26-9-11-27(12-10-26)21(28)18-7-13-29-14-8-18/h3-6,15,18H,7-14H2,1-2H3,(H,23,24,25).